The highest BCUT2D eigenvalue weighted by Crippen LogP contribution is 2.14. The fourth-order valence-electron chi connectivity index (χ4n) is 2.07. The van der Waals surface area contributed by atoms with Crippen LogP contribution in [0.2, 0.25) is 0 Å². The van der Waals surface area contributed by atoms with Crippen molar-refractivity contribution in [2.75, 3.05) is 0 Å². The minimum absolute atomic E-state index is 0.0814. The Bertz CT molecular complexity index is 538. The summed E-state index contributed by atoms with van der Waals surface area (Å²) in [6.45, 7) is 9.10. The summed E-state index contributed by atoms with van der Waals surface area (Å²) < 4.78 is 13.8. The number of hydrogen-bond donors (Lipinski definition) is 1. The van der Waals surface area contributed by atoms with Crippen LogP contribution < -0.4 is 5.32 Å². The third-order valence-corrected chi connectivity index (χ3v) is 3.27. The van der Waals surface area contributed by atoms with Crippen LogP contribution in [0.3, 0.4) is 0 Å². The lowest BCUT2D eigenvalue weighted by Gasteiger charge is -2.31. The van der Waals surface area contributed by atoms with Crippen molar-refractivity contribution in [1.29, 1.82) is 0 Å². The van der Waals surface area contributed by atoms with Gasteiger partial charge in [0.1, 0.15) is 11.9 Å². The molecule has 0 bridgehead atoms. The normalized spacial score (nSPS) is 12.6. The summed E-state index contributed by atoms with van der Waals surface area (Å²) in [5.74, 6) is -0.801. The van der Waals surface area contributed by atoms with Gasteiger partial charge in [0, 0.05) is 24.1 Å². The van der Waals surface area contributed by atoms with Gasteiger partial charge in [-0.05, 0) is 33.8 Å². The SMILES string of the molecule is CCC(=O)N(Cc1ccccc1F)[C@@H](C)C(=O)NC(C)(C)C. The first-order valence-corrected chi connectivity index (χ1v) is 7.50. The maximum atomic E-state index is 13.8. The summed E-state index contributed by atoms with van der Waals surface area (Å²) >= 11 is 0. The first kappa shape index (κ1) is 18.1. The van der Waals surface area contributed by atoms with Crippen molar-refractivity contribution in [2.45, 2.75) is 59.2 Å². The van der Waals surface area contributed by atoms with Gasteiger partial charge >= 0.3 is 0 Å². The Morgan fingerprint density at radius 1 is 1.27 bits per heavy atom. The van der Waals surface area contributed by atoms with Gasteiger partial charge in [0.25, 0.3) is 0 Å². The fraction of sp³-hybridized carbons (Fsp3) is 0.529. The highest BCUT2D eigenvalue weighted by Gasteiger charge is 2.27. The first-order valence-electron chi connectivity index (χ1n) is 7.50. The number of nitrogens with one attached hydrogen (secondary N) is 1. The molecule has 0 unspecified atom stereocenters. The van der Waals surface area contributed by atoms with E-state index in [4.69, 9.17) is 0 Å². The first-order chi connectivity index (χ1) is 10.2. The Kier molecular flexibility index (Phi) is 6.09. The molecule has 5 heteroatoms. The van der Waals surface area contributed by atoms with Crippen molar-refractivity contribution >= 4 is 11.8 Å². The van der Waals surface area contributed by atoms with E-state index in [1.54, 1.807) is 32.0 Å². The Morgan fingerprint density at radius 3 is 2.36 bits per heavy atom. The summed E-state index contributed by atoms with van der Waals surface area (Å²) in [5.41, 5.74) is 0.0179. The predicted octanol–water partition coefficient (Wildman–Crippen LogP) is 2.87. The molecule has 1 N–H and O–H groups in total. The van der Waals surface area contributed by atoms with Gasteiger partial charge in [0.05, 0.1) is 0 Å². The average molecular weight is 308 g/mol. The Morgan fingerprint density at radius 2 is 1.86 bits per heavy atom. The molecule has 0 aliphatic carbocycles. The molecule has 0 aliphatic heterocycles. The van der Waals surface area contributed by atoms with Gasteiger partial charge in [-0.1, -0.05) is 25.1 Å². The number of nitrogens with zero attached hydrogens (tertiary/aromatic N) is 1. The minimum Gasteiger partial charge on any atom is -0.350 e. The number of amides is 2. The summed E-state index contributed by atoms with van der Waals surface area (Å²) in [4.78, 5) is 25.9. The lowest BCUT2D eigenvalue weighted by atomic mass is 10.1. The van der Waals surface area contributed by atoms with E-state index in [0.29, 0.717) is 5.56 Å². The van der Waals surface area contributed by atoms with Crippen molar-refractivity contribution in [2.24, 2.45) is 0 Å². The van der Waals surface area contributed by atoms with Gasteiger partial charge in [-0.15, -0.1) is 0 Å². The third kappa shape index (κ3) is 5.13. The van der Waals surface area contributed by atoms with Crippen LogP contribution in [-0.4, -0.2) is 28.3 Å². The molecule has 0 spiro atoms. The van der Waals surface area contributed by atoms with Crippen LogP contribution in [0, 0.1) is 5.82 Å². The quantitative estimate of drug-likeness (QED) is 0.909. The molecule has 0 saturated heterocycles. The van der Waals surface area contributed by atoms with Crippen molar-refractivity contribution in [3.05, 3.63) is 35.6 Å². The second-order valence-corrected chi connectivity index (χ2v) is 6.38. The van der Waals surface area contributed by atoms with Gasteiger partial charge in [-0.25, -0.2) is 4.39 Å². The Hall–Kier alpha value is -1.91. The molecule has 0 aliphatic rings. The summed E-state index contributed by atoms with van der Waals surface area (Å²) in [6.07, 6.45) is 0.265. The molecule has 1 rings (SSSR count). The van der Waals surface area contributed by atoms with Crippen molar-refractivity contribution < 1.29 is 14.0 Å². The molecule has 0 radical (unpaired) electrons. The number of benzene rings is 1. The van der Waals surface area contributed by atoms with Crippen LogP contribution in [-0.2, 0) is 16.1 Å². The summed E-state index contributed by atoms with van der Waals surface area (Å²) in [6, 6.07) is 5.63. The van der Waals surface area contributed by atoms with Gasteiger partial charge < -0.3 is 10.2 Å². The topological polar surface area (TPSA) is 49.4 Å². The van der Waals surface area contributed by atoms with Crippen LogP contribution >= 0.6 is 0 Å². The zero-order chi connectivity index (χ0) is 16.9. The molecule has 22 heavy (non-hydrogen) atoms. The molecule has 1 aromatic carbocycles. The highest BCUT2D eigenvalue weighted by molar-refractivity contribution is 5.87. The highest BCUT2D eigenvalue weighted by atomic mass is 19.1. The van der Waals surface area contributed by atoms with Gasteiger partial charge in [0.2, 0.25) is 11.8 Å². The van der Waals surface area contributed by atoms with Crippen molar-refractivity contribution in [3.8, 4) is 0 Å². The van der Waals surface area contributed by atoms with Crippen LogP contribution in [0.15, 0.2) is 24.3 Å². The van der Waals surface area contributed by atoms with Crippen molar-refractivity contribution in [3.63, 3.8) is 0 Å². The molecule has 0 heterocycles. The molecule has 0 aromatic heterocycles. The zero-order valence-electron chi connectivity index (χ0n) is 13.9. The van der Waals surface area contributed by atoms with Crippen LogP contribution in [0.25, 0.3) is 0 Å². The Balaban J connectivity index is 2.96. The van der Waals surface area contributed by atoms with E-state index in [2.05, 4.69) is 5.32 Å². The molecule has 2 amide bonds. The molecule has 1 atom stereocenters. The van der Waals surface area contributed by atoms with E-state index in [9.17, 15) is 14.0 Å². The van der Waals surface area contributed by atoms with Gasteiger partial charge in [-0.3, -0.25) is 9.59 Å². The summed E-state index contributed by atoms with van der Waals surface area (Å²) in [5, 5.41) is 2.85. The lowest BCUT2D eigenvalue weighted by Crippen LogP contribution is -2.52. The number of carbonyl (C=O) groups is 2. The predicted molar refractivity (Wildman–Crippen MR) is 84.6 cm³/mol. The average Bonchev–Trinajstić information content (AvgIpc) is 2.43. The monoisotopic (exact) mass is 308 g/mol. The molecule has 4 nitrogen and oxygen atoms in total. The second kappa shape index (κ2) is 7.38. The molecular weight excluding hydrogens is 283 g/mol. The Labute approximate surface area is 131 Å². The van der Waals surface area contributed by atoms with E-state index in [1.165, 1.54) is 11.0 Å². The fourth-order valence-corrected chi connectivity index (χ4v) is 2.07. The maximum absolute atomic E-state index is 13.8. The lowest BCUT2D eigenvalue weighted by molar-refractivity contribution is -0.141. The minimum atomic E-state index is -0.661. The molecular formula is C17H25FN2O2. The van der Waals surface area contributed by atoms with Gasteiger partial charge in [0.15, 0.2) is 0 Å². The number of hydrogen-bond acceptors (Lipinski definition) is 2. The summed E-state index contributed by atoms with van der Waals surface area (Å²) in [7, 11) is 0. The van der Waals surface area contributed by atoms with Gasteiger partial charge in [-0.2, -0.15) is 0 Å². The maximum Gasteiger partial charge on any atom is 0.242 e. The largest absolute Gasteiger partial charge is 0.350 e. The molecule has 0 fully saturated rings. The smallest absolute Gasteiger partial charge is 0.242 e. The third-order valence-electron chi connectivity index (χ3n) is 3.27. The van der Waals surface area contributed by atoms with Crippen LogP contribution in [0.4, 0.5) is 4.39 Å². The van der Waals surface area contributed by atoms with Crippen LogP contribution in [0.1, 0.15) is 46.6 Å². The van der Waals surface area contributed by atoms with E-state index in [1.807, 2.05) is 20.8 Å². The van der Waals surface area contributed by atoms with E-state index in [-0.39, 0.29) is 36.1 Å². The van der Waals surface area contributed by atoms with E-state index >= 15 is 0 Å². The standard InChI is InChI=1S/C17H25FN2O2/c1-6-15(21)20(11-13-9-7-8-10-14(13)18)12(2)16(22)19-17(3,4)5/h7-10,12H,6,11H2,1-5H3,(H,19,22)/t12-/m0/s1. The molecule has 0 saturated carbocycles. The van der Waals surface area contributed by atoms with Crippen molar-refractivity contribution in [1.82, 2.24) is 10.2 Å². The van der Waals surface area contributed by atoms with Crippen LogP contribution in [0.5, 0.6) is 0 Å². The second-order valence-electron chi connectivity index (χ2n) is 6.38. The number of rotatable bonds is 5. The zero-order valence-corrected chi connectivity index (χ0v) is 13.9. The van der Waals surface area contributed by atoms with E-state index in [0.717, 1.165) is 0 Å². The van der Waals surface area contributed by atoms with E-state index < -0.39 is 6.04 Å². The number of carbonyl (C=O) groups excluding carboxylic acids is 2. The number of halogens is 1. The molecule has 122 valence electrons. The molecule has 1 aromatic rings.